The van der Waals surface area contributed by atoms with Crippen LogP contribution in [-0.2, 0) is 0 Å². The van der Waals surface area contributed by atoms with Crippen LogP contribution in [0.2, 0.25) is 0 Å². The zero-order valence-corrected chi connectivity index (χ0v) is 6.31. The van der Waals surface area contributed by atoms with Crippen LogP contribution in [0.5, 0.6) is 0 Å². The Morgan fingerprint density at radius 1 is 1.91 bits per heavy atom. The fourth-order valence-corrected chi connectivity index (χ4v) is 1.94. The van der Waals surface area contributed by atoms with E-state index in [1.165, 1.54) is 4.90 Å². The van der Waals surface area contributed by atoms with Crippen LogP contribution in [-0.4, -0.2) is 41.3 Å². The van der Waals surface area contributed by atoms with Gasteiger partial charge in [0.1, 0.15) is 6.15 Å². The highest BCUT2D eigenvalue weighted by molar-refractivity contribution is 5.03. The minimum atomic E-state index is -2.11. The molecule has 2 fully saturated rings. The Morgan fingerprint density at radius 3 is 3.36 bits per heavy atom. The third-order valence-electron chi connectivity index (χ3n) is 2.61. The number of aliphatic hydroxyl groups excluding tert-OH is 1. The first-order valence-electron chi connectivity index (χ1n) is 5.39. The summed E-state index contributed by atoms with van der Waals surface area (Å²) in [4.78, 5) is 1.33. The molecule has 2 heterocycles. The summed E-state index contributed by atoms with van der Waals surface area (Å²) in [6.45, 7) is -2.07. The quantitative estimate of drug-likeness (QED) is 0.609. The monoisotopic (exact) mass is 162 g/mol. The normalized spacial score (nSPS) is 60.0. The number of halogens is 1. The number of hydrogen-bond acceptors (Lipinski definition) is 2. The number of rotatable bonds is 1. The van der Waals surface area contributed by atoms with E-state index >= 15 is 0 Å². The van der Waals surface area contributed by atoms with E-state index < -0.39 is 18.2 Å². The number of aliphatic hydroxyl groups is 1. The van der Waals surface area contributed by atoms with E-state index in [1.807, 2.05) is 0 Å². The highest BCUT2D eigenvalue weighted by atomic mass is 19.1. The Kier molecular flexibility index (Phi) is 1.05. The molecule has 2 aliphatic rings. The largest absolute Gasteiger partial charge is 0.394 e. The van der Waals surface area contributed by atoms with Crippen LogP contribution in [0.1, 0.15) is 23.4 Å². The number of nitrogens with zero attached hydrogens (tertiary/aromatic N) is 1. The SMILES string of the molecule is [2H]C1([2H])CC[C@@]2(CO)C[C@@]([2H])(F)CN12. The van der Waals surface area contributed by atoms with Crippen molar-refractivity contribution in [3.63, 3.8) is 0 Å². The maximum atomic E-state index is 13.5. The Bertz CT molecular complexity index is 261. The highest BCUT2D eigenvalue weighted by Crippen LogP contribution is 2.39. The zero-order valence-electron chi connectivity index (χ0n) is 9.31. The van der Waals surface area contributed by atoms with Crippen molar-refractivity contribution in [2.75, 3.05) is 19.6 Å². The van der Waals surface area contributed by atoms with Gasteiger partial charge < -0.3 is 5.11 Å². The lowest BCUT2D eigenvalue weighted by Gasteiger charge is -2.28. The van der Waals surface area contributed by atoms with Crippen LogP contribution < -0.4 is 0 Å². The second-order valence-electron chi connectivity index (χ2n) is 3.32. The molecule has 1 N–H and O–H groups in total. The van der Waals surface area contributed by atoms with Gasteiger partial charge >= 0.3 is 0 Å². The average molecular weight is 162 g/mol. The average Bonchev–Trinajstić information content (AvgIpc) is 2.46. The molecule has 3 heteroatoms. The third kappa shape index (κ3) is 0.983. The van der Waals surface area contributed by atoms with Gasteiger partial charge in [0.25, 0.3) is 0 Å². The Balaban J connectivity index is 2.31. The second kappa shape index (κ2) is 2.42. The van der Waals surface area contributed by atoms with Crippen LogP contribution in [0.25, 0.3) is 0 Å². The summed E-state index contributed by atoms with van der Waals surface area (Å²) in [6, 6.07) is 0. The molecule has 0 aromatic carbocycles. The lowest BCUT2D eigenvalue weighted by molar-refractivity contribution is 0.0996. The van der Waals surface area contributed by atoms with Crippen molar-refractivity contribution < 1.29 is 13.6 Å². The van der Waals surface area contributed by atoms with Crippen molar-refractivity contribution >= 4 is 0 Å². The number of fused-ring (bicyclic) bond motifs is 1. The molecule has 0 saturated carbocycles. The standard InChI is InChI=1S/C8H14FNO/c9-7-4-8(6-11)2-1-3-10(8)5-7/h7,11H,1-6H2/t7-,8+/m1/s1/i3D2,7D. The minimum absolute atomic E-state index is 0.0873. The molecule has 0 bridgehead atoms. The molecule has 0 radical (unpaired) electrons. The molecule has 0 spiro atoms. The summed E-state index contributed by atoms with van der Waals surface area (Å²) in [7, 11) is 0. The first-order valence-corrected chi connectivity index (χ1v) is 3.89. The molecular formula is C8H14FNO. The van der Waals surface area contributed by atoms with Gasteiger partial charge in [-0.05, 0) is 19.3 Å². The molecule has 0 aliphatic carbocycles. The van der Waals surface area contributed by atoms with Gasteiger partial charge in [-0.1, -0.05) is 0 Å². The van der Waals surface area contributed by atoms with Crippen LogP contribution in [0.15, 0.2) is 0 Å². The van der Waals surface area contributed by atoms with E-state index in [-0.39, 0.29) is 19.6 Å². The van der Waals surface area contributed by atoms with Gasteiger partial charge in [0.15, 0.2) is 0 Å². The fraction of sp³-hybridized carbons (Fsp3) is 1.00. The van der Waals surface area contributed by atoms with E-state index in [1.54, 1.807) is 0 Å². The minimum Gasteiger partial charge on any atom is -0.394 e. The molecule has 11 heavy (non-hydrogen) atoms. The van der Waals surface area contributed by atoms with Crippen LogP contribution in [0.3, 0.4) is 0 Å². The summed E-state index contributed by atoms with van der Waals surface area (Å²) in [6.07, 6.45) is -1.46. The molecular weight excluding hydrogens is 145 g/mol. The molecule has 0 aromatic heterocycles. The molecule has 2 saturated heterocycles. The van der Waals surface area contributed by atoms with Gasteiger partial charge in [0.05, 0.1) is 7.98 Å². The van der Waals surface area contributed by atoms with Crippen molar-refractivity contribution in [2.45, 2.75) is 30.9 Å². The molecule has 0 aromatic rings. The summed E-state index contributed by atoms with van der Waals surface area (Å²) in [5.41, 5.74) is -0.833. The summed E-state index contributed by atoms with van der Waals surface area (Å²) in [5.74, 6) is 0. The first kappa shape index (κ1) is 4.77. The third-order valence-corrected chi connectivity index (χ3v) is 2.61. The predicted octanol–water partition coefficient (Wildman–Crippen LogP) is 0.555. The molecule has 2 atom stereocenters. The molecule has 2 aliphatic heterocycles. The number of hydrogen-bond donors (Lipinski definition) is 1. The molecule has 64 valence electrons. The summed E-state index contributed by atoms with van der Waals surface area (Å²) < 4.78 is 36.1. The lowest BCUT2D eigenvalue weighted by atomic mass is 9.95. The molecule has 0 unspecified atom stereocenters. The van der Waals surface area contributed by atoms with Crippen molar-refractivity contribution in [2.24, 2.45) is 0 Å². The summed E-state index contributed by atoms with van der Waals surface area (Å²) >= 11 is 0. The van der Waals surface area contributed by atoms with Gasteiger partial charge in [0.2, 0.25) is 0 Å². The van der Waals surface area contributed by atoms with Gasteiger partial charge in [-0.15, -0.1) is 0 Å². The maximum absolute atomic E-state index is 13.5. The molecule has 2 rings (SSSR count). The second-order valence-corrected chi connectivity index (χ2v) is 3.32. The van der Waals surface area contributed by atoms with Gasteiger partial charge in [-0.3, -0.25) is 4.90 Å². The van der Waals surface area contributed by atoms with E-state index in [4.69, 9.17) is 4.11 Å². The smallest absolute Gasteiger partial charge is 0.115 e. The van der Waals surface area contributed by atoms with E-state index in [2.05, 4.69) is 0 Å². The Hall–Kier alpha value is -0.150. The van der Waals surface area contributed by atoms with E-state index in [0.29, 0.717) is 12.8 Å². The Labute approximate surface area is 70.2 Å². The van der Waals surface area contributed by atoms with E-state index in [0.717, 1.165) is 0 Å². The fourth-order valence-electron chi connectivity index (χ4n) is 1.94. The maximum Gasteiger partial charge on any atom is 0.115 e. The molecule has 0 amide bonds. The molecule has 2 nitrogen and oxygen atoms in total. The summed E-state index contributed by atoms with van der Waals surface area (Å²) in [5, 5.41) is 9.23. The van der Waals surface area contributed by atoms with Crippen LogP contribution in [0, 0.1) is 0 Å². The predicted molar refractivity (Wildman–Crippen MR) is 40.1 cm³/mol. The zero-order chi connectivity index (χ0) is 10.6. The first-order chi connectivity index (χ1) is 6.31. The Morgan fingerprint density at radius 2 is 2.73 bits per heavy atom. The van der Waals surface area contributed by atoms with Crippen LogP contribution in [0.4, 0.5) is 4.39 Å². The van der Waals surface area contributed by atoms with Crippen LogP contribution >= 0.6 is 0 Å². The van der Waals surface area contributed by atoms with Gasteiger partial charge in [-0.2, -0.15) is 0 Å². The lowest BCUT2D eigenvalue weighted by Crippen LogP contribution is -2.41. The van der Waals surface area contributed by atoms with Crippen molar-refractivity contribution in [3.05, 3.63) is 0 Å². The van der Waals surface area contributed by atoms with Crippen molar-refractivity contribution in [1.82, 2.24) is 4.90 Å². The van der Waals surface area contributed by atoms with E-state index in [9.17, 15) is 9.50 Å². The van der Waals surface area contributed by atoms with Crippen molar-refractivity contribution in [3.8, 4) is 0 Å². The van der Waals surface area contributed by atoms with Crippen molar-refractivity contribution in [1.29, 1.82) is 0 Å². The van der Waals surface area contributed by atoms with Gasteiger partial charge in [0, 0.05) is 21.2 Å². The topological polar surface area (TPSA) is 23.5 Å². The van der Waals surface area contributed by atoms with Gasteiger partial charge in [-0.25, -0.2) is 4.39 Å². The highest BCUT2D eigenvalue weighted by Gasteiger charge is 2.47. The number of alkyl halides is 1.